The second-order valence-electron chi connectivity index (χ2n) is 5.11. The van der Waals surface area contributed by atoms with Crippen LogP contribution in [0.2, 0.25) is 0 Å². The number of carbonyl (C=O) groups excluding carboxylic acids is 1. The average Bonchev–Trinajstić information content (AvgIpc) is 2.96. The maximum Gasteiger partial charge on any atom is 0.155 e. The van der Waals surface area contributed by atoms with Crippen molar-refractivity contribution in [1.29, 1.82) is 0 Å². The zero-order valence-corrected chi connectivity index (χ0v) is 11.2. The third-order valence-electron chi connectivity index (χ3n) is 3.62. The number of benzene rings is 1. The van der Waals surface area contributed by atoms with E-state index in [1.807, 2.05) is 6.07 Å². The fourth-order valence-electron chi connectivity index (χ4n) is 2.73. The number of para-hydroxylation sites is 2. The van der Waals surface area contributed by atoms with Crippen molar-refractivity contribution in [3.8, 4) is 0 Å². The van der Waals surface area contributed by atoms with Gasteiger partial charge in [-0.25, -0.2) is 4.98 Å². The minimum Gasteiger partial charge on any atom is -0.328 e. The van der Waals surface area contributed by atoms with E-state index in [0.717, 1.165) is 37.1 Å². The van der Waals surface area contributed by atoms with Crippen LogP contribution in [0.25, 0.3) is 11.0 Å². The third kappa shape index (κ3) is 2.33. The Labute approximate surface area is 113 Å². The number of hydrogen-bond donors (Lipinski definition) is 0. The van der Waals surface area contributed by atoms with E-state index in [1.54, 1.807) is 6.08 Å². The smallest absolute Gasteiger partial charge is 0.155 e. The lowest BCUT2D eigenvalue weighted by Gasteiger charge is -2.07. The molecule has 3 nitrogen and oxygen atoms in total. The van der Waals surface area contributed by atoms with Crippen LogP contribution in [-0.4, -0.2) is 15.3 Å². The summed E-state index contributed by atoms with van der Waals surface area (Å²) in [6.45, 7) is 3.16. The molecule has 0 amide bonds. The van der Waals surface area contributed by atoms with Crippen LogP contribution in [0.3, 0.4) is 0 Å². The first-order valence-electron chi connectivity index (χ1n) is 6.94. The van der Waals surface area contributed by atoms with Gasteiger partial charge in [-0.15, -0.1) is 0 Å². The SMILES string of the molecule is CCCn1c(CC2=CC(=O)CC2)nc2ccccc21. The monoisotopic (exact) mass is 254 g/mol. The van der Waals surface area contributed by atoms with E-state index < -0.39 is 0 Å². The van der Waals surface area contributed by atoms with Crippen LogP contribution in [0.15, 0.2) is 35.9 Å². The Morgan fingerprint density at radius 1 is 1.26 bits per heavy atom. The molecule has 3 heteroatoms. The molecule has 0 aliphatic heterocycles. The lowest BCUT2D eigenvalue weighted by molar-refractivity contribution is -0.114. The van der Waals surface area contributed by atoms with E-state index in [4.69, 9.17) is 4.98 Å². The van der Waals surface area contributed by atoms with E-state index in [2.05, 4.69) is 29.7 Å². The summed E-state index contributed by atoms with van der Waals surface area (Å²) in [5, 5.41) is 0. The van der Waals surface area contributed by atoms with Crippen LogP contribution < -0.4 is 0 Å². The highest BCUT2D eigenvalue weighted by Gasteiger charge is 2.16. The number of nitrogens with zero attached hydrogens (tertiary/aromatic N) is 2. The number of carbonyl (C=O) groups is 1. The van der Waals surface area contributed by atoms with Gasteiger partial charge in [0.05, 0.1) is 11.0 Å². The fourth-order valence-corrected chi connectivity index (χ4v) is 2.73. The number of fused-ring (bicyclic) bond motifs is 1. The van der Waals surface area contributed by atoms with Crippen LogP contribution in [0.4, 0.5) is 0 Å². The predicted octanol–water partition coefficient (Wildman–Crippen LogP) is 3.28. The summed E-state index contributed by atoms with van der Waals surface area (Å²) in [7, 11) is 0. The highest BCUT2D eigenvalue weighted by atomic mass is 16.1. The largest absolute Gasteiger partial charge is 0.328 e. The van der Waals surface area contributed by atoms with Crippen molar-refractivity contribution in [2.75, 3.05) is 0 Å². The third-order valence-corrected chi connectivity index (χ3v) is 3.62. The Morgan fingerprint density at radius 2 is 2.11 bits per heavy atom. The molecule has 0 bridgehead atoms. The fraction of sp³-hybridized carbons (Fsp3) is 0.375. The zero-order valence-electron chi connectivity index (χ0n) is 11.2. The van der Waals surface area contributed by atoms with Crippen LogP contribution in [0, 0.1) is 0 Å². The van der Waals surface area contributed by atoms with Gasteiger partial charge in [0.2, 0.25) is 0 Å². The molecule has 0 saturated carbocycles. The summed E-state index contributed by atoms with van der Waals surface area (Å²) in [5.41, 5.74) is 3.47. The van der Waals surface area contributed by atoms with Crippen molar-refractivity contribution in [3.05, 3.63) is 41.7 Å². The summed E-state index contributed by atoms with van der Waals surface area (Å²) in [6, 6.07) is 8.25. The molecule has 98 valence electrons. The molecular formula is C16H18N2O. The second kappa shape index (κ2) is 5.00. The second-order valence-corrected chi connectivity index (χ2v) is 5.11. The van der Waals surface area contributed by atoms with Crippen molar-refractivity contribution in [3.63, 3.8) is 0 Å². The van der Waals surface area contributed by atoms with E-state index in [1.165, 1.54) is 11.1 Å². The van der Waals surface area contributed by atoms with Gasteiger partial charge in [0, 0.05) is 19.4 Å². The predicted molar refractivity (Wildman–Crippen MR) is 76.1 cm³/mol. The Balaban J connectivity index is 1.99. The Bertz CT molecular complexity index is 652. The highest BCUT2D eigenvalue weighted by Crippen LogP contribution is 2.23. The molecule has 1 heterocycles. The highest BCUT2D eigenvalue weighted by molar-refractivity contribution is 5.93. The quantitative estimate of drug-likeness (QED) is 0.839. The van der Waals surface area contributed by atoms with Gasteiger partial charge in [0.25, 0.3) is 0 Å². The average molecular weight is 254 g/mol. The molecule has 1 aromatic heterocycles. The number of aryl methyl sites for hydroxylation is 1. The van der Waals surface area contributed by atoms with Gasteiger partial charge in [-0.1, -0.05) is 24.6 Å². The number of aromatic nitrogens is 2. The molecule has 1 aromatic carbocycles. The number of allylic oxidation sites excluding steroid dienone is 2. The molecule has 0 unspecified atom stereocenters. The molecule has 0 atom stereocenters. The molecule has 0 saturated heterocycles. The van der Waals surface area contributed by atoms with E-state index >= 15 is 0 Å². The van der Waals surface area contributed by atoms with Crippen molar-refractivity contribution in [2.24, 2.45) is 0 Å². The standard InChI is InChI=1S/C16H18N2O/c1-2-9-18-15-6-4-3-5-14(15)17-16(18)11-12-7-8-13(19)10-12/h3-6,10H,2,7-9,11H2,1H3. The van der Waals surface area contributed by atoms with Crippen LogP contribution in [0.5, 0.6) is 0 Å². The van der Waals surface area contributed by atoms with E-state index in [9.17, 15) is 4.79 Å². The number of imidazole rings is 1. The molecule has 19 heavy (non-hydrogen) atoms. The van der Waals surface area contributed by atoms with Crippen molar-refractivity contribution in [2.45, 2.75) is 39.2 Å². The topological polar surface area (TPSA) is 34.9 Å². The van der Waals surface area contributed by atoms with Gasteiger partial charge in [-0.2, -0.15) is 0 Å². The van der Waals surface area contributed by atoms with Crippen molar-refractivity contribution >= 4 is 16.8 Å². The summed E-state index contributed by atoms with van der Waals surface area (Å²) < 4.78 is 2.29. The van der Waals surface area contributed by atoms with Crippen molar-refractivity contribution < 1.29 is 4.79 Å². The summed E-state index contributed by atoms with van der Waals surface area (Å²) in [4.78, 5) is 16.1. The Hall–Kier alpha value is -1.90. The van der Waals surface area contributed by atoms with Gasteiger partial charge in [0.1, 0.15) is 5.82 Å². The lowest BCUT2D eigenvalue weighted by Crippen LogP contribution is -2.04. The molecular weight excluding hydrogens is 236 g/mol. The molecule has 1 aliphatic rings. The van der Waals surface area contributed by atoms with Gasteiger partial charge in [-0.05, 0) is 31.1 Å². The van der Waals surface area contributed by atoms with E-state index in [-0.39, 0.29) is 5.78 Å². The lowest BCUT2D eigenvalue weighted by atomic mass is 10.1. The van der Waals surface area contributed by atoms with Crippen LogP contribution in [-0.2, 0) is 17.8 Å². The zero-order chi connectivity index (χ0) is 13.2. The Kier molecular flexibility index (Phi) is 3.20. The van der Waals surface area contributed by atoms with Crippen LogP contribution >= 0.6 is 0 Å². The minimum absolute atomic E-state index is 0.258. The molecule has 0 spiro atoms. The van der Waals surface area contributed by atoms with Gasteiger partial charge in [-0.3, -0.25) is 4.79 Å². The molecule has 3 rings (SSSR count). The number of ketones is 1. The normalized spacial score (nSPS) is 15.2. The Morgan fingerprint density at radius 3 is 2.84 bits per heavy atom. The summed E-state index contributed by atoms with van der Waals surface area (Å²) in [6.07, 6.45) is 5.26. The molecule has 0 fully saturated rings. The van der Waals surface area contributed by atoms with E-state index in [0.29, 0.717) is 6.42 Å². The summed E-state index contributed by atoms with van der Waals surface area (Å²) >= 11 is 0. The van der Waals surface area contributed by atoms with Crippen LogP contribution in [0.1, 0.15) is 32.0 Å². The van der Waals surface area contributed by atoms with Gasteiger partial charge in [0.15, 0.2) is 5.78 Å². The summed E-state index contributed by atoms with van der Waals surface area (Å²) in [5.74, 6) is 1.34. The first-order chi connectivity index (χ1) is 9.28. The molecule has 0 N–H and O–H groups in total. The minimum atomic E-state index is 0.258. The number of rotatable bonds is 4. The van der Waals surface area contributed by atoms with Gasteiger partial charge >= 0.3 is 0 Å². The van der Waals surface area contributed by atoms with Crippen molar-refractivity contribution in [1.82, 2.24) is 9.55 Å². The van der Waals surface area contributed by atoms with Gasteiger partial charge < -0.3 is 4.57 Å². The molecule has 2 aromatic rings. The first-order valence-corrected chi connectivity index (χ1v) is 6.94. The first kappa shape index (κ1) is 12.2. The maximum absolute atomic E-state index is 11.3. The molecule has 0 radical (unpaired) electrons. The molecule has 1 aliphatic carbocycles. The number of hydrogen-bond acceptors (Lipinski definition) is 2. The maximum atomic E-state index is 11.3.